The Morgan fingerprint density at radius 1 is 1.04 bits per heavy atom. The van der Waals surface area contributed by atoms with Gasteiger partial charge >= 0.3 is 0 Å². The molecule has 5 heteroatoms. The van der Waals surface area contributed by atoms with Gasteiger partial charge in [0.05, 0.1) is 5.69 Å². The number of hydrogen-bond acceptors (Lipinski definition) is 3. The highest BCUT2D eigenvalue weighted by atomic mass is 16.2. The molecule has 2 aromatic rings. The maximum Gasteiger partial charge on any atom is 0.282 e. The molecule has 0 unspecified atom stereocenters. The van der Waals surface area contributed by atoms with Crippen LogP contribution in [0, 0.1) is 5.92 Å². The van der Waals surface area contributed by atoms with E-state index in [-0.39, 0.29) is 17.4 Å². The fraction of sp³-hybridized carbons (Fsp3) is 0.273. The largest absolute Gasteiger partial charge is 0.375 e. The predicted octanol–water partition coefficient (Wildman–Crippen LogP) is 3.63. The molecule has 1 heterocycles. The first-order chi connectivity index (χ1) is 13.0. The van der Waals surface area contributed by atoms with Gasteiger partial charge in [0.2, 0.25) is 0 Å². The molecule has 2 aromatic carbocycles. The number of carbonyl (C=O) groups excluding carboxylic acids is 2. The second kappa shape index (κ2) is 8.08. The second-order valence-corrected chi connectivity index (χ2v) is 7.17. The van der Waals surface area contributed by atoms with Crippen molar-refractivity contribution in [2.45, 2.75) is 20.3 Å². The van der Waals surface area contributed by atoms with Crippen molar-refractivity contribution >= 4 is 29.3 Å². The smallest absolute Gasteiger partial charge is 0.282 e. The number of rotatable bonds is 6. The van der Waals surface area contributed by atoms with Crippen LogP contribution in [0.2, 0.25) is 0 Å². The van der Waals surface area contributed by atoms with E-state index in [2.05, 4.69) is 31.2 Å². The molecule has 1 fully saturated rings. The number of benzene rings is 2. The van der Waals surface area contributed by atoms with Crippen molar-refractivity contribution < 1.29 is 9.59 Å². The van der Waals surface area contributed by atoms with E-state index < -0.39 is 0 Å². The average Bonchev–Trinajstić information content (AvgIpc) is 2.95. The molecule has 1 aliphatic rings. The number of anilines is 2. The summed E-state index contributed by atoms with van der Waals surface area (Å²) >= 11 is 0. The van der Waals surface area contributed by atoms with Crippen molar-refractivity contribution in [1.82, 2.24) is 5.43 Å². The van der Waals surface area contributed by atoms with Crippen LogP contribution in [0.3, 0.4) is 0 Å². The molecule has 0 radical (unpaired) electrons. The third kappa shape index (κ3) is 4.37. The standard InChI is InChI=1S/C22H25N3O2/c1-16(2)13-14-24(3)18-11-9-17(10-12-18)15-20-21(26)23-25(22(20)27)19-7-5-4-6-8-19/h4-12,15-16H,13-14H2,1-3H3,(H,23,26)/b20-15-. The monoisotopic (exact) mass is 363 g/mol. The first-order valence-electron chi connectivity index (χ1n) is 9.19. The van der Waals surface area contributed by atoms with Crippen LogP contribution >= 0.6 is 0 Å². The van der Waals surface area contributed by atoms with Gasteiger partial charge in [-0.05, 0) is 48.2 Å². The van der Waals surface area contributed by atoms with Crippen LogP contribution in [0.5, 0.6) is 0 Å². The second-order valence-electron chi connectivity index (χ2n) is 7.17. The van der Waals surface area contributed by atoms with E-state index in [1.807, 2.05) is 42.5 Å². The Kier molecular flexibility index (Phi) is 5.60. The highest BCUT2D eigenvalue weighted by Gasteiger charge is 2.34. The Labute approximate surface area is 160 Å². The summed E-state index contributed by atoms with van der Waals surface area (Å²) in [5.74, 6) is -0.0674. The number of nitrogens with zero attached hydrogens (tertiary/aromatic N) is 2. The highest BCUT2D eigenvalue weighted by molar-refractivity contribution is 6.31. The van der Waals surface area contributed by atoms with E-state index in [4.69, 9.17) is 0 Å². The lowest BCUT2D eigenvalue weighted by molar-refractivity contribution is -0.117. The Bertz CT molecular complexity index is 842. The van der Waals surface area contributed by atoms with Gasteiger partial charge in [0.25, 0.3) is 11.8 Å². The highest BCUT2D eigenvalue weighted by Crippen LogP contribution is 2.22. The average molecular weight is 363 g/mol. The van der Waals surface area contributed by atoms with Crippen LogP contribution in [0.15, 0.2) is 60.2 Å². The molecule has 0 saturated carbocycles. The molecule has 1 aliphatic heterocycles. The van der Waals surface area contributed by atoms with E-state index in [1.165, 1.54) is 5.01 Å². The van der Waals surface area contributed by atoms with Crippen molar-refractivity contribution in [3.8, 4) is 0 Å². The zero-order valence-electron chi connectivity index (χ0n) is 16.0. The van der Waals surface area contributed by atoms with Crippen molar-refractivity contribution in [3.05, 3.63) is 65.7 Å². The van der Waals surface area contributed by atoms with Gasteiger partial charge in [0.1, 0.15) is 5.57 Å². The van der Waals surface area contributed by atoms with Crippen LogP contribution in [0.4, 0.5) is 11.4 Å². The van der Waals surface area contributed by atoms with Crippen molar-refractivity contribution in [2.75, 3.05) is 23.5 Å². The maximum absolute atomic E-state index is 12.6. The van der Waals surface area contributed by atoms with Gasteiger partial charge in [0, 0.05) is 19.3 Å². The summed E-state index contributed by atoms with van der Waals surface area (Å²) in [6.07, 6.45) is 2.77. The summed E-state index contributed by atoms with van der Waals surface area (Å²) in [6, 6.07) is 17.0. The van der Waals surface area contributed by atoms with Crippen molar-refractivity contribution in [3.63, 3.8) is 0 Å². The summed E-state index contributed by atoms with van der Waals surface area (Å²) in [4.78, 5) is 27.1. The van der Waals surface area contributed by atoms with Crippen molar-refractivity contribution in [2.24, 2.45) is 5.92 Å². The molecule has 1 saturated heterocycles. The maximum atomic E-state index is 12.6. The normalized spacial score (nSPS) is 15.6. The molecule has 0 bridgehead atoms. The van der Waals surface area contributed by atoms with Gasteiger partial charge in [-0.3, -0.25) is 15.0 Å². The van der Waals surface area contributed by atoms with Gasteiger partial charge in [-0.1, -0.05) is 44.2 Å². The molecule has 0 aliphatic carbocycles. The van der Waals surface area contributed by atoms with Crippen LogP contribution in [0.25, 0.3) is 6.08 Å². The topological polar surface area (TPSA) is 52.7 Å². The molecule has 140 valence electrons. The Morgan fingerprint density at radius 3 is 2.33 bits per heavy atom. The first kappa shape index (κ1) is 18.7. The van der Waals surface area contributed by atoms with Crippen LogP contribution in [-0.2, 0) is 9.59 Å². The molecule has 5 nitrogen and oxygen atoms in total. The number of carbonyl (C=O) groups is 2. The lowest BCUT2D eigenvalue weighted by atomic mass is 10.1. The molecule has 0 spiro atoms. The number of amides is 2. The van der Waals surface area contributed by atoms with E-state index in [9.17, 15) is 9.59 Å². The number of hydrazine groups is 1. The van der Waals surface area contributed by atoms with Gasteiger partial charge in [0.15, 0.2) is 0 Å². The lowest BCUT2D eigenvalue weighted by Crippen LogP contribution is -2.35. The third-order valence-corrected chi connectivity index (χ3v) is 4.59. The predicted molar refractivity (Wildman–Crippen MR) is 109 cm³/mol. The molecular weight excluding hydrogens is 338 g/mol. The Morgan fingerprint density at radius 2 is 1.70 bits per heavy atom. The minimum atomic E-state index is -0.387. The summed E-state index contributed by atoms with van der Waals surface area (Å²) in [5.41, 5.74) is 5.33. The van der Waals surface area contributed by atoms with E-state index >= 15 is 0 Å². The Hall–Kier alpha value is -3.08. The first-order valence-corrected chi connectivity index (χ1v) is 9.19. The fourth-order valence-electron chi connectivity index (χ4n) is 2.89. The molecule has 2 amide bonds. The van der Waals surface area contributed by atoms with Gasteiger partial charge in [-0.15, -0.1) is 0 Å². The van der Waals surface area contributed by atoms with Crippen LogP contribution < -0.4 is 15.3 Å². The summed E-state index contributed by atoms with van der Waals surface area (Å²) in [5, 5.41) is 1.28. The molecular formula is C22H25N3O2. The summed E-state index contributed by atoms with van der Waals surface area (Å²) in [7, 11) is 2.07. The minimum absolute atomic E-state index is 0.139. The molecule has 0 aromatic heterocycles. The molecule has 0 atom stereocenters. The lowest BCUT2D eigenvalue weighted by Gasteiger charge is -2.20. The summed E-state index contributed by atoms with van der Waals surface area (Å²) in [6.45, 7) is 5.42. The summed E-state index contributed by atoms with van der Waals surface area (Å²) < 4.78 is 0. The quantitative estimate of drug-likeness (QED) is 0.630. The van der Waals surface area contributed by atoms with Crippen LogP contribution in [-0.4, -0.2) is 25.4 Å². The number of para-hydroxylation sites is 1. The van der Waals surface area contributed by atoms with Crippen LogP contribution in [0.1, 0.15) is 25.8 Å². The van der Waals surface area contributed by atoms with E-state index in [0.717, 1.165) is 24.2 Å². The van der Waals surface area contributed by atoms with E-state index in [1.54, 1.807) is 18.2 Å². The van der Waals surface area contributed by atoms with Gasteiger partial charge in [-0.2, -0.15) is 0 Å². The number of nitrogens with one attached hydrogen (secondary N) is 1. The van der Waals surface area contributed by atoms with Gasteiger partial charge in [-0.25, -0.2) is 5.01 Å². The minimum Gasteiger partial charge on any atom is -0.375 e. The van der Waals surface area contributed by atoms with Crippen molar-refractivity contribution in [1.29, 1.82) is 0 Å². The number of hydrogen-bond donors (Lipinski definition) is 1. The zero-order valence-corrected chi connectivity index (χ0v) is 16.0. The van der Waals surface area contributed by atoms with Gasteiger partial charge < -0.3 is 4.90 Å². The molecule has 3 rings (SSSR count). The SMILES string of the molecule is CC(C)CCN(C)c1ccc(/C=C2/C(=O)NN(c3ccccc3)C2=O)cc1. The van der Waals surface area contributed by atoms with E-state index in [0.29, 0.717) is 11.6 Å². The molecule has 27 heavy (non-hydrogen) atoms. The molecule has 1 N–H and O–H groups in total. The Balaban J connectivity index is 1.74. The third-order valence-electron chi connectivity index (χ3n) is 4.59. The zero-order chi connectivity index (χ0) is 19.4. The fourth-order valence-corrected chi connectivity index (χ4v) is 2.89.